The van der Waals surface area contributed by atoms with Gasteiger partial charge in [-0.05, 0) is 12.1 Å². The first-order valence-electron chi connectivity index (χ1n) is 3.31. The standard InChI is InChI=1S/C7H5N3O2.Li.H/c11-7(12)5-3-6-1-2-8-10(6)9-4-5;;/h1-4H,(H,11,12);;/q;+1;-1. The molecule has 0 radical (unpaired) electrons. The Morgan fingerprint density at radius 2 is 2.31 bits per heavy atom. The number of aromatic nitrogens is 3. The summed E-state index contributed by atoms with van der Waals surface area (Å²) in [6, 6.07) is 3.21. The van der Waals surface area contributed by atoms with E-state index in [0.717, 1.165) is 0 Å². The monoisotopic (exact) mass is 171 g/mol. The smallest absolute Gasteiger partial charge is 1.00 e. The van der Waals surface area contributed by atoms with Crippen LogP contribution in [0.4, 0.5) is 0 Å². The van der Waals surface area contributed by atoms with Crippen molar-refractivity contribution in [2.24, 2.45) is 0 Å². The molecule has 13 heavy (non-hydrogen) atoms. The van der Waals surface area contributed by atoms with Gasteiger partial charge in [-0.1, -0.05) is 0 Å². The summed E-state index contributed by atoms with van der Waals surface area (Å²) in [6.45, 7) is 0. The Hall–Kier alpha value is -1.31. The van der Waals surface area contributed by atoms with E-state index in [4.69, 9.17) is 5.11 Å². The van der Waals surface area contributed by atoms with Gasteiger partial charge in [-0.15, -0.1) is 0 Å². The normalized spacial score (nSPS) is 9.54. The van der Waals surface area contributed by atoms with E-state index in [0.29, 0.717) is 5.52 Å². The third kappa shape index (κ3) is 1.71. The van der Waals surface area contributed by atoms with Gasteiger partial charge in [0.15, 0.2) is 0 Å². The molecule has 0 aliphatic heterocycles. The molecule has 0 spiro atoms. The van der Waals surface area contributed by atoms with Crippen LogP contribution in [0.15, 0.2) is 24.5 Å². The number of hydrogen-bond acceptors (Lipinski definition) is 3. The Morgan fingerprint density at radius 1 is 1.54 bits per heavy atom. The zero-order chi connectivity index (χ0) is 8.55. The number of aromatic carboxylic acids is 1. The van der Waals surface area contributed by atoms with Gasteiger partial charge in [-0.2, -0.15) is 14.8 Å². The molecule has 2 rings (SSSR count). The van der Waals surface area contributed by atoms with Crippen molar-refractivity contribution < 1.29 is 30.2 Å². The van der Waals surface area contributed by atoms with E-state index < -0.39 is 5.97 Å². The molecule has 5 nitrogen and oxygen atoms in total. The molecule has 6 heteroatoms. The predicted octanol–water partition coefficient (Wildman–Crippen LogP) is -2.46. The Bertz CT molecular complexity index is 445. The summed E-state index contributed by atoms with van der Waals surface area (Å²) in [4.78, 5) is 10.5. The fraction of sp³-hybridized carbons (Fsp3) is 0. The number of carbonyl (C=O) groups is 1. The number of fused-ring (bicyclic) bond motifs is 1. The molecule has 0 aromatic carbocycles. The Morgan fingerprint density at radius 3 is 3.00 bits per heavy atom. The Balaban J connectivity index is 0.000000845. The Labute approximate surface area is 87.0 Å². The minimum absolute atomic E-state index is 0. The van der Waals surface area contributed by atoms with Gasteiger partial charge in [0.1, 0.15) is 0 Å². The summed E-state index contributed by atoms with van der Waals surface area (Å²) in [7, 11) is 0. The van der Waals surface area contributed by atoms with Crippen molar-refractivity contribution in [1.82, 2.24) is 14.8 Å². The van der Waals surface area contributed by atoms with Gasteiger partial charge in [0.2, 0.25) is 0 Å². The third-order valence-corrected chi connectivity index (χ3v) is 1.51. The summed E-state index contributed by atoms with van der Waals surface area (Å²) in [6.07, 6.45) is 2.83. The Kier molecular flexibility index (Phi) is 2.71. The molecule has 0 saturated carbocycles. The summed E-state index contributed by atoms with van der Waals surface area (Å²) >= 11 is 0. The molecule has 2 aromatic heterocycles. The quantitative estimate of drug-likeness (QED) is 0.483. The van der Waals surface area contributed by atoms with Crippen LogP contribution in [-0.4, -0.2) is 25.9 Å². The first-order chi connectivity index (χ1) is 5.77. The zero-order valence-electron chi connectivity index (χ0n) is 8.01. The summed E-state index contributed by atoms with van der Waals surface area (Å²) in [5.74, 6) is -0.980. The van der Waals surface area contributed by atoms with Crippen molar-refractivity contribution in [3.8, 4) is 0 Å². The molecule has 0 aliphatic carbocycles. The van der Waals surface area contributed by atoms with Crippen molar-refractivity contribution in [2.45, 2.75) is 0 Å². The predicted molar refractivity (Wildman–Crippen MR) is 41.1 cm³/mol. The maximum atomic E-state index is 10.5. The van der Waals surface area contributed by atoms with Crippen LogP contribution in [0.5, 0.6) is 0 Å². The molecule has 0 unspecified atom stereocenters. The average molecular weight is 171 g/mol. The molecule has 0 fully saturated rings. The van der Waals surface area contributed by atoms with Crippen LogP contribution in [-0.2, 0) is 0 Å². The van der Waals surface area contributed by atoms with Gasteiger partial charge in [0, 0.05) is 0 Å². The van der Waals surface area contributed by atoms with Crippen LogP contribution in [0.3, 0.4) is 0 Å². The summed E-state index contributed by atoms with van der Waals surface area (Å²) < 4.78 is 1.37. The summed E-state index contributed by atoms with van der Waals surface area (Å²) in [5.41, 5.74) is 0.845. The number of nitrogens with zero attached hydrogens (tertiary/aromatic N) is 3. The second-order valence-corrected chi connectivity index (χ2v) is 2.29. The second-order valence-electron chi connectivity index (χ2n) is 2.29. The first-order valence-corrected chi connectivity index (χ1v) is 3.31. The van der Waals surface area contributed by atoms with Crippen LogP contribution in [0.1, 0.15) is 11.8 Å². The maximum Gasteiger partial charge on any atom is 1.00 e. The van der Waals surface area contributed by atoms with E-state index in [1.54, 1.807) is 12.3 Å². The second kappa shape index (κ2) is 3.60. The van der Waals surface area contributed by atoms with Crippen LogP contribution < -0.4 is 18.9 Å². The minimum atomic E-state index is -0.980. The van der Waals surface area contributed by atoms with Gasteiger partial charge in [-0.3, -0.25) is 0 Å². The fourth-order valence-corrected chi connectivity index (χ4v) is 0.939. The fourth-order valence-electron chi connectivity index (χ4n) is 0.939. The van der Waals surface area contributed by atoms with Crippen molar-refractivity contribution in [3.05, 3.63) is 30.1 Å². The molecule has 0 amide bonds. The third-order valence-electron chi connectivity index (χ3n) is 1.51. The molecular formula is C7H6LiN3O2. The van der Waals surface area contributed by atoms with E-state index in [9.17, 15) is 4.79 Å². The van der Waals surface area contributed by atoms with E-state index in [-0.39, 0.29) is 25.9 Å². The van der Waals surface area contributed by atoms with Crippen molar-refractivity contribution >= 4 is 11.5 Å². The molecule has 1 N–H and O–H groups in total. The summed E-state index contributed by atoms with van der Waals surface area (Å²) in [5, 5.41) is 16.2. The van der Waals surface area contributed by atoms with E-state index in [1.807, 2.05) is 0 Å². The van der Waals surface area contributed by atoms with Crippen LogP contribution in [0, 0.1) is 0 Å². The van der Waals surface area contributed by atoms with Crippen molar-refractivity contribution in [1.29, 1.82) is 0 Å². The number of hydrogen-bond donors (Lipinski definition) is 1. The number of rotatable bonds is 1. The van der Waals surface area contributed by atoms with E-state index in [2.05, 4.69) is 10.2 Å². The maximum absolute atomic E-state index is 10.5. The molecule has 2 heterocycles. The molecule has 0 aliphatic rings. The molecule has 62 valence electrons. The zero-order valence-corrected chi connectivity index (χ0v) is 7.01. The van der Waals surface area contributed by atoms with Gasteiger partial charge in [0.05, 0.1) is 23.5 Å². The SMILES string of the molecule is O=C(O)c1cnn2nccc2c1.[H-].[Li+]. The molecule has 0 saturated heterocycles. The number of carboxylic acids is 1. The minimum Gasteiger partial charge on any atom is -1.00 e. The van der Waals surface area contributed by atoms with Crippen LogP contribution in [0.25, 0.3) is 5.52 Å². The number of carboxylic acid groups (broad SMARTS) is 1. The van der Waals surface area contributed by atoms with Crippen molar-refractivity contribution in [3.63, 3.8) is 0 Å². The van der Waals surface area contributed by atoms with E-state index >= 15 is 0 Å². The van der Waals surface area contributed by atoms with E-state index in [1.165, 1.54) is 16.9 Å². The topological polar surface area (TPSA) is 67.5 Å². The average Bonchev–Trinajstić information content (AvgIpc) is 2.49. The molecule has 2 aromatic rings. The largest absolute Gasteiger partial charge is 1.00 e. The van der Waals surface area contributed by atoms with Gasteiger partial charge in [-0.25, -0.2) is 4.79 Å². The van der Waals surface area contributed by atoms with Gasteiger partial charge >= 0.3 is 24.8 Å². The van der Waals surface area contributed by atoms with Gasteiger partial charge < -0.3 is 6.53 Å². The first kappa shape index (κ1) is 9.77. The molecule has 0 bridgehead atoms. The molecular weight excluding hydrogens is 165 g/mol. The molecule has 0 atom stereocenters. The van der Waals surface area contributed by atoms with Crippen LogP contribution in [0.2, 0.25) is 0 Å². The van der Waals surface area contributed by atoms with Gasteiger partial charge in [0.25, 0.3) is 0 Å². The van der Waals surface area contributed by atoms with Crippen molar-refractivity contribution in [2.75, 3.05) is 0 Å². The van der Waals surface area contributed by atoms with Crippen LogP contribution >= 0.6 is 0 Å².